The van der Waals surface area contributed by atoms with E-state index in [2.05, 4.69) is 5.32 Å². The van der Waals surface area contributed by atoms with Crippen molar-refractivity contribution in [1.82, 2.24) is 9.21 Å². The summed E-state index contributed by atoms with van der Waals surface area (Å²) in [7, 11) is -0.751. The van der Waals surface area contributed by atoms with Gasteiger partial charge in [-0.05, 0) is 24.6 Å². The van der Waals surface area contributed by atoms with Crippen molar-refractivity contribution >= 4 is 33.4 Å². The number of likely N-dealkylation sites (tertiary alicyclic amines) is 1. The van der Waals surface area contributed by atoms with Crippen molar-refractivity contribution in [1.29, 1.82) is 0 Å². The van der Waals surface area contributed by atoms with Crippen molar-refractivity contribution in [2.75, 3.05) is 26.0 Å². The number of aryl methyl sites for hydroxylation is 1. The van der Waals surface area contributed by atoms with Gasteiger partial charge in [0.15, 0.2) is 0 Å². The highest BCUT2D eigenvalue weighted by Crippen LogP contribution is 2.22. The fourth-order valence-corrected chi connectivity index (χ4v) is 3.33. The lowest BCUT2D eigenvalue weighted by atomic mass is 10.2. The van der Waals surface area contributed by atoms with Crippen molar-refractivity contribution in [3.05, 3.63) is 23.8 Å². The maximum Gasteiger partial charge on any atom is 0.242 e. The Hall–Kier alpha value is -2.26. The summed E-state index contributed by atoms with van der Waals surface area (Å²) in [5, 5.41) is 2.64. The van der Waals surface area contributed by atoms with Crippen molar-refractivity contribution in [2.24, 2.45) is 0 Å². The number of benzene rings is 1. The Morgan fingerprint density at radius 1 is 1.20 bits per heavy atom. The highest BCUT2D eigenvalue weighted by molar-refractivity contribution is 7.89. The van der Waals surface area contributed by atoms with Crippen LogP contribution in [0.2, 0.25) is 0 Å². The third-order valence-corrected chi connectivity index (χ3v) is 5.79. The van der Waals surface area contributed by atoms with Gasteiger partial charge in [0.2, 0.25) is 27.7 Å². The monoisotopic (exact) mass is 367 g/mol. The van der Waals surface area contributed by atoms with E-state index >= 15 is 0 Å². The lowest BCUT2D eigenvalue weighted by Crippen LogP contribution is -2.32. The van der Waals surface area contributed by atoms with E-state index in [1.807, 2.05) is 0 Å². The Bertz CT molecular complexity index is 801. The predicted molar refractivity (Wildman–Crippen MR) is 91.3 cm³/mol. The molecule has 0 spiro atoms. The van der Waals surface area contributed by atoms with Crippen molar-refractivity contribution < 1.29 is 22.8 Å². The van der Waals surface area contributed by atoms with Gasteiger partial charge in [0.05, 0.1) is 4.90 Å². The van der Waals surface area contributed by atoms with Gasteiger partial charge in [-0.2, -0.15) is 0 Å². The summed E-state index contributed by atoms with van der Waals surface area (Å²) in [4.78, 5) is 36.3. The largest absolute Gasteiger partial charge is 0.326 e. The van der Waals surface area contributed by atoms with Crippen LogP contribution in [0.25, 0.3) is 0 Å². The van der Waals surface area contributed by atoms with Crippen LogP contribution in [0.5, 0.6) is 0 Å². The number of rotatable bonds is 6. The Labute approximate surface area is 146 Å². The van der Waals surface area contributed by atoms with Gasteiger partial charge in [0.1, 0.15) is 0 Å². The van der Waals surface area contributed by atoms with Gasteiger partial charge in [-0.3, -0.25) is 19.3 Å². The van der Waals surface area contributed by atoms with E-state index in [1.54, 1.807) is 13.0 Å². The van der Waals surface area contributed by atoms with Crippen LogP contribution in [0.1, 0.15) is 24.8 Å². The van der Waals surface area contributed by atoms with E-state index in [4.69, 9.17) is 0 Å². The smallest absolute Gasteiger partial charge is 0.242 e. The summed E-state index contributed by atoms with van der Waals surface area (Å²) in [6.07, 6.45) is 0.329. The molecule has 1 N–H and O–H groups in total. The summed E-state index contributed by atoms with van der Waals surface area (Å²) in [6.45, 7) is 1.77. The molecular formula is C16H21N3O5S. The number of amides is 3. The van der Waals surface area contributed by atoms with Gasteiger partial charge < -0.3 is 5.32 Å². The number of hydrogen-bond acceptors (Lipinski definition) is 5. The lowest BCUT2D eigenvalue weighted by molar-refractivity contribution is -0.138. The number of imide groups is 1. The summed E-state index contributed by atoms with van der Waals surface area (Å²) < 4.78 is 25.5. The number of nitrogens with one attached hydrogen (secondary N) is 1. The van der Waals surface area contributed by atoms with Gasteiger partial charge in [-0.15, -0.1) is 0 Å². The molecule has 136 valence electrons. The average molecular weight is 367 g/mol. The molecule has 1 fully saturated rings. The molecule has 0 bridgehead atoms. The molecule has 1 aliphatic heterocycles. The molecule has 9 heteroatoms. The maximum atomic E-state index is 12.2. The molecule has 0 aromatic heterocycles. The fourth-order valence-electron chi connectivity index (χ4n) is 2.41. The van der Waals surface area contributed by atoms with Crippen molar-refractivity contribution in [3.8, 4) is 0 Å². The van der Waals surface area contributed by atoms with Gasteiger partial charge in [-0.25, -0.2) is 12.7 Å². The Kier molecular flexibility index (Phi) is 5.58. The summed E-state index contributed by atoms with van der Waals surface area (Å²) in [5.74, 6) is -0.934. The predicted octanol–water partition coefficient (Wildman–Crippen LogP) is 0.723. The molecule has 0 saturated carbocycles. The lowest BCUT2D eigenvalue weighted by Gasteiger charge is -2.16. The third-order valence-electron chi connectivity index (χ3n) is 3.98. The minimum absolute atomic E-state index is 0.0260. The van der Waals surface area contributed by atoms with Crippen LogP contribution in [0.3, 0.4) is 0 Å². The van der Waals surface area contributed by atoms with Gasteiger partial charge in [0.25, 0.3) is 0 Å². The molecule has 1 aliphatic rings. The number of carbonyl (C=O) groups excluding carboxylic acids is 3. The van der Waals surface area contributed by atoms with Crippen LogP contribution >= 0.6 is 0 Å². The molecule has 0 radical (unpaired) electrons. The second kappa shape index (κ2) is 7.32. The molecule has 0 aliphatic carbocycles. The molecule has 3 amide bonds. The Morgan fingerprint density at radius 3 is 2.36 bits per heavy atom. The first-order chi connectivity index (χ1) is 11.6. The van der Waals surface area contributed by atoms with E-state index in [9.17, 15) is 22.8 Å². The molecule has 1 heterocycles. The number of anilines is 1. The first kappa shape index (κ1) is 19.1. The molecule has 1 aromatic carbocycles. The Balaban J connectivity index is 2.08. The second-order valence-electron chi connectivity index (χ2n) is 6.00. The van der Waals surface area contributed by atoms with Crippen LogP contribution in [-0.2, 0) is 24.4 Å². The zero-order valence-corrected chi connectivity index (χ0v) is 15.2. The summed E-state index contributed by atoms with van der Waals surface area (Å²) in [5.41, 5.74) is 1.09. The zero-order chi connectivity index (χ0) is 18.8. The first-order valence-electron chi connectivity index (χ1n) is 7.79. The van der Waals surface area contributed by atoms with Crippen LogP contribution in [0, 0.1) is 6.92 Å². The maximum absolute atomic E-state index is 12.2. The standard InChI is InChI=1S/C16H21N3O5S/c1-11-4-5-12(25(23,24)18(2)3)10-13(11)17-14(20)8-9-19-15(21)6-7-16(19)22/h4-5,10H,6-9H2,1-3H3,(H,17,20). The number of sulfonamides is 1. The minimum Gasteiger partial charge on any atom is -0.326 e. The van der Waals surface area contributed by atoms with Crippen LogP contribution in [0.4, 0.5) is 5.69 Å². The summed E-state index contributed by atoms with van der Waals surface area (Å²) >= 11 is 0. The molecular weight excluding hydrogens is 346 g/mol. The van der Waals surface area contributed by atoms with Crippen LogP contribution in [-0.4, -0.2) is 56.0 Å². The average Bonchev–Trinajstić information content (AvgIpc) is 2.85. The first-order valence-corrected chi connectivity index (χ1v) is 9.23. The molecule has 8 nitrogen and oxygen atoms in total. The van der Waals surface area contributed by atoms with Crippen molar-refractivity contribution in [2.45, 2.75) is 31.1 Å². The number of nitrogens with zero attached hydrogens (tertiary/aromatic N) is 2. The highest BCUT2D eigenvalue weighted by atomic mass is 32.2. The molecule has 0 unspecified atom stereocenters. The quantitative estimate of drug-likeness (QED) is 0.746. The van der Waals surface area contributed by atoms with Gasteiger partial charge >= 0.3 is 0 Å². The topological polar surface area (TPSA) is 104 Å². The molecule has 2 rings (SSSR count). The van der Waals surface area contributed by atoms with E-state index in [-0.39, 0.29) is 42.5 Å². The molecule has 0 atom stereocenters. The van der Waals surface area contributed by atoms with E-state index < -0.39 is 15.9 Å². The fraction of sp³-hybridized carbons (Fsp3) is 0.438. The van der Waals surface area contributed by atoms with E-state index in [1.165, 1.54) is 26.2 Å². The van der Waals surface area contributed by atoms with Crippen molar-refractivity contribution in [3.63, 3.8) is 0 Å². The van der Waals surface area contributed by atoms with E-state index in [0.29, 0.717) is 11.3 Å². The normalized spacial score (nSPS) is 15.1. The molecule has 1 saturated heterocycles. The highest BCUT2D eigenvalue weighted by Gasteiger charge is 2.28. The van der Waals surface area contributed by atoms with Gasteiger partial charge in [0, 0.05) is 45.6 Å². The van der Waals surface area contributed by atoms with Crippen LogP contribution in [0.15, 0.2) is 23.1 Å². The van der Waals surface area contributed by atoms with Crippen LogP contribution < -0.4 is 5.32 Å². The minimum atomic E-state index is -3.61. The number of carbonyl (C=O) groups is 3. The number of hydrogen-bond donors (Lipinski definition) is 1. The zero-order valence-electron chi connectivity index (χ0n) is 14.4. The summed E-state index contributed by atoms with van der Waals surface area (Å²) in [6, 6.07) is 4.48. The Morgan fingerprint density at radius 2 is 1.80 bits per heavy atom. The molecule has 1 aromatic rings. The SMILES string of the molecule is Cc1ccc(S(=O)(=O)N(C)C)cc1NC(=O)CCN1C(=O)CCC1=O. The second-order valence-corrected chi connectivity index (χ2v) is 8.15. The molecule has 25 heavy (non-hydrogen) atoms. The van der Waals surface area contributed by atoms with E-state index in [0.717, 1.165) is 9.21 Å². The van der Waals surface area contributed by atoms with Gasteiger partial charge in [-0.1, -0.05) is 6.07 Å². The third kappa shape index (κ3) is 4.23.